The molecular weight excluding hydrogens is 393 g/mol. The van der Waals surface area contributed by atoms with Gasteiger partial charge < -0.3 is 4.90 Å². The van der Waals surface area contributed by atoms with E-state index in [2.05, 4.69) is 38.5 Å². The maximum absolute atomic E-state index is 12.1. The second kappa shape index (κ2) is 6.18. The molecule has 1 aliphatic rings. The summed E-state index contributed by atoms with van der Waals surface area (Å²) in [7, 11) is 0. The number of carbonyl (C=O) groups is 1. The molecule has 1 aromatic carbocycles. The molecule has 1 aliphatic heterocycles. The minimum Gasteiger partial charge on any atom is -0.342 e. The molecule has 1 fully saturated rings. The number of hydrogen-bond acceptors (Lipinski definition) is 1. The Morgan fingerprint density at radius 2 is 2.00 bits per heavy atom. The fraction of sp³-hybridized carbons (Fsp3) is 0.462. The van der Waals surface area contributed by atoms with Gasteiger partial charge in [-0.1, -0.05) is 15.9 Å². The van der Waals surface area contributed by atoms with E-state index in [0.29, 0.717) is 6.42 Å². The summed E-state index contributed by atoms with van der Waals surface area (Å²) in [4.78, 5) is 14.1. The first-order valence-electron chi connectivity index (χ1n) is 5.88. The smallest absolute Gasteiger partial charge is 0.227 e. The largest absolute Gasteiger partial charge is 0.342 e. The van der Waals surface area contributed by atoms with Crippen LogP contribution in [0.2, 0.25) is 0 Å². The highest BCUT2D eigenvalue weighted by atomic mass is 127. The maximum atomic E-state index is 12.1. The summed E-state index contributed by atoms with van der Waals surface area (Å²) in [5.74, 6) is 0.265. The monoisotopic (exact) mass is 407 g/mol. The number of likely N-dealkylation sites (tertiary alicyclic amines) is 1. The van der Waals surface area contributed by atoms with Gasteiger partial charge in [0.1, 0.15) is 0 Å². The fourth-order valence-corrected chi connectivity index (χ4v) is 3.03. The minimum absolute atomic E-state index is 0.265. The second-order valence-corrected chi connectivity index (χ2v) is 6.43. The van der Waals surface area contributed by atoms with Crippen molar-refractivity contribution in [3.63, 3.8) is 0 Å². The number of halogens is 2. The van der Waals surface area contributed by atoms with E-state index >= 15 is 0 Å². The molecule has 4 heteroatoms. The van der Waals surface area contributed by atoms with Gasteiger partial charge in [0.25, 0.3) is 0 Å². The van der Waals surface area contributed by atoms with Crippen LogP contribution in [0.15, 0.2) is 22.7 Å². The lowest BCUT2D eigenvalue weighted by Crippen LogP contribution is -2.36. The van der Waals surface area contributed by atoms with Gasteiger partial charge in [-0.15, -0.1) is 0 Å². The van der Waals surface area contributed by atoms with Crippen molar-refractivity contribution in [1.82, 2.24) is 4.90 Å². The number of rotatable bonds is 2. The molecule has 0 bridgehead atoms. The van der Waals surface area contributed by atoms with Gasteiger partial charge in [0.2, 0.25) is 5.91 Å². The van der Waals surface area contributed by atoms with Gasteiger partial charge >= 0.3 is 0 Å². The quantitative estimate of drug-likeness (QED) is 0.686. The zero-order valence-corrected chi connectivity index (χ0v) is 13.3. The molecule has 92 valence electrons. The van der Waals surface area contributed by atoms with Crippen LogP contribution in [0.4, 0.5) is 0 Å². The van der Waals surface area contributed by atoms with Crippen LogP contribution in [0.3, 0.4) is 0 Å². The van der Waals surface area contributed by atoms with Gasteiger partial charge in [-0.25, -0.2) is 0 Å². The Morgan fingerprint density at radius 3 is 2.71 bits per heavy atom. The molecule has 1 saturated heterocycles. The number of nitrogens with zero attached hydrogens (tertiary/aromatic N) is 1. The molecule has 0 aliphatic carbocycles. The Balaban J connectivity index is 2.04. The van der Waals surface area contributed by atoms with Crippen molar-refractivity contribution in [1.29, 1.82) is 0 Å². The molecule has 1 aromatic rings. The van der Waals surface area contributed by atoms with Crippen LogP contribution in [0.5, 0.6) is 0 Å². The zero-order valence-electron chi connectivity index (χ0n) is 9.59. The third-order valence-corrected chi connectivity index (χ3v) is 4.60. The molecule has 2 nitrogen and oxygen atoms in total. The van der Waals surface area contributed by atoms with E-state index in [1.165, 1.54) is 6.42 Å². The van der Waals surface area contributed by atoms with Gasteiger partial charge in [-0.05, 0) is 65.6 Å². The van der Waals surface area contributed by atoms with Crippen molar-refractivity contribution < 1.29 is 4.79 Å². The molecule has 0 radical (unpaired) electrons. The lowest BCUT2D eigenvalue weighted by atomic mass is 10.1. The van der Waals surface area contributed by atoms with Crippen molar-refractivity contribution >= 4 is 44.4 Å². The topological polar surface area (TPSA) is 20.3 Å². The number of carbonyl (C=O) groups excluding carboxylic acids is 1. The number of benzene rings is 1. The van der Waals surface area contributed by atoms with E-state index in [0.717, 1.165) is 39.5 Å². The van der Waals surface area contributed by atoms with Crippen molar-refractivity contribution in [3.8, 4) is 0 Å². The van der Waals surface area contributed by atoms with Gasteiger partial charge in [0.15, 0.2) is 0 Å². The molecule has 0 atom stereocenters. The van der Waals surface area contributed by atoms with Gasteiger partial charge in [-0.3, -0.25) is 4.79 Å². The highest BCUT2D eigenvalue weighted by Gasteiger charge is 2.17. The first-order valence-corrected chi connectivity index (χ1v) is 7.76. The Hall–Kier alpha value is -0.100. The third-order valence-electron chi connectivity index (χ3n) is 3.06. The maximum Gasteiger partial charge on any atom is 0.227 e. The first kappa shape index (κ1) is 13.3. The standard InChI is InChI=1S/C13H15BrINO/c14-11-4-5-12(15)10(8-11)9-13(17)16-6-2-1-3-7-16/h4-5,8H,1-3,6-7,9H2. The van der Waals surface area contributed by atoms with Crippen LogP contribution in [0.1, 0.15) is 24.8 Å². The molecule has 0 aromatic heterocycles. The van der Waals surface area contributed by atoms with E-state index < -0.39 is 0 Å². The number of amides is 1. The summed E-state index contributed by atoms with van der Waals surface area (Å²) in [6, 6.07) is 6.10. The highest BCUT2D eigenvalue weighted by Crippen LogP contribution is 2.20. The van der Waals surface area contributed by atoms with Crippen molar-refractivity contribution in [2.75, 3.05) is 13.1 Å². The van der Waals surface area contributed by atoms with Crippen LogP contribution in [0, 0.1) is 3.57 Å². The normalized spacial score (nSPS) is 16.0. The molecular formula is C13H15BrINO. The van der Waals surface area contributed by atoms with Crippen LogP contribution >= 0.6 is 38.5 Å². The molecule has 0 saturated carbocycles. The molecule has 0 N–H and O–H groups in total. The summed E-state index contributed by atoms with van der Waals surface area (Å²) in [5.41, 5.74) is 1.12. The summed E-state index contributed by atoms with van der Waals surface area (Å²) < 4.78 is 2.20. The number of hydrogen-bond donors (Lipinski definition) is 0. The van der Waals surface area contributed by atoms with E-state index in [1.54, 1.807) is 0 Å². The molecule has 17 heavy (non-hydrogen) atoms. The molecule has 1 heterocycles. The van der Waals surface area contributed by atoms with Crippen LogP contribution in [0.25, 0.3) is 0 Å². The Bertz CT molecular complexity index is 416. The third kappa shape index (κ3) is 3.68. The molecule has 2 rings (SSSR count). The van der Waals surface area contributed by atoms with E-state index in [9.17, 15) is 4.79 Å². The van der Waals surface area contributed by atoms with E-state index in [-0.39, 0.29) is 5.91 Å². The Morgan fingerprint density at radius 1 is 1.29 bits per heavy atom. The van der Waals surface area contributed by atoms with Crippen molar-refractivity contribution in [2.45, 2.75) is 25.7 Å². The van der Waals surface area contributed by atoms with Crippen LogP contribution in [-0.2, 0) is 11.2 Å². The highest BCUT2D eigenvalue weighted by molar-refractivity contribution is 14.1. The first-order chi connectivity index (χ1) is 8.16. The Kier molecular flexibility index (Phi) is 4.85. The lowest BCUT2D eigenvalue weighted by molar-refractivity contribution is -0.131. The molecule has 0 spiro atoms. The summed E-state index contributed by atoms with van der Waals surface area (Å²) in [5, 5.41) is 0. The Labute approximate surface area is 124 Å². The predicted molar refractivity (Wildman–Crippen MR) is 81.0 cm³/mol. The SMILES string of the molecule is O=C(Cc1cc(Br)ccc1I)N1CCCCC1. The lowest BCUT2D eigenvalue weighted by Gasteiger charge is -2.26. The van der Waals surface area contributed by atoms with E-state index in [1.807, 2.05) is 23.1 Å². The van der Waals surface area contributed by atoms with Crippen LogP contribution in [-0.4, -0.2) is 23.9 Å². The fourth-order valence-electron chi connectivity index (χ4n) is 2.10. The average molecular weight is 408 g/mol. The second-order valence-electron chi connectivity index (χ2n) is 4.35. The number of piperidine rings is 1. The van der Waals surface area contributed by atoms with Crippen LogP contribution < -0.4 is 0 Å². The summed E-state index contributed by atoms with van der Waals surface area (Å²) >= 11 is 5.74. The van der Waals surface area contributed by atoms with Gasteiger partial charge in [0, 0.05) is 21.1 Å². The summed E-state index contributed by atoms with van der Waals surface area (Å²) in [6.07, 6.45) is 4.10. The molecule has 0 unspecified atom stereocenters. The predicted octanol–water partition coefficient (Wildman–Crippen LogP) is 3.61. The summed E-state index contributed by atoms with van der Waals surface area (Å²) in [6.45, 7) is 1.87. The zero-order chi connectivity index (χ0) is 12.3. The van der Waals surface area contributed by atoms with Crippen molar-refractivity contribution in [2.24, 2.45) is 0 Å². The van der Waals surface area contributed by atoms with Gasteiger partial charge in [-0.2, -0.15) is 0 Å². The molecule has 1 amide bonds. The van der Waals surface area contributed by atoms with E-state index in [4.69, 9.17) is 0 Å². The average Bonchev–Trinajstić information content (AvgIpc) is 2.35. The minimum atomic E-state index is 0.265. The van der Waals surface area contributed by atoms with Gasteiger partial charge in [0.05, 0.1) is 6.42 Å². The van der Waals surface area contributed by atoms with Crippen molar-refractivity contribution in [3.05, 3.63) is 31.8 Å².